The molecule has 5 rings (SSSR count). The van der Waals surface area contributed by atoms with Crippen LogP contribution in [0.2, 0.25) is 0 Å². The van der Waals surface area contributed by atoms with Crippen LogP contribution in [0.3, 0.4) is 0 Å². The summed E-state index contributed by atoms with van der Waals surface area (Å²) < 4.78 is 5.87. The van der Waals surface area contributed by atoms with E-state index in [2.05, 4.69) is 38.7 Å². The number of nitrogens with one attached hydrogen (secondary N) is 2. The Hall–Kier alpha value is -4.42. The molecule has 204 valence electrons. The summed E-state index contributed by atoms with van der Waals surface area (Å²) >= 11 is 0. The van der Waals surface area contributed by atoms with E-state index in [4.69, 9.17) is 4.74 Å². The number of aliphatic hydroxyl groups excluding tert-OH is 1. The molecule has 0 spiro atoms. The van der Waals surface area contributed by atoms with Gasteiger partial charge in [-0.2, -0.15) is 0 Å². The highest BCUT2D eigenvalue weighted by atomic mass is 16.5. The molecule has 12 heteroatoms. The first-order valence-corrected chi connectivity index (χ1v) is 12.8. The Morgan fingerprint density at radius 1 is 1.08 bits per heavy atom. The molecule has 2 saturated heterocycles. The van der Waals surface area contributed by atoms with Crippen LogP contribution in [0, 0.1) is 0 Å². The van der Waals surface area contributed by atoms with Crippen molar-refractivity contribution in [1.82, 2.24) is 29.8 Å². The third kappa shape index (κ3) is 5.56. The lowest BCUT2D eigenvalue weighted by atomic mass is 10.1. The summed E-state index contributed by atoms with van der Waals surface area (Å²) in [6, 6.07) is 6.41. The number of aromatic nitrogens is 2. The molecule has 0 radical (unpaired) electrons. The number of urea groups is 1. The number of hydrazine groups is 1. The van der Waals surface area contributed by atoms with Crippen molar-refractivity contribution in [3.05, 3.63) is 72.9 Å². The van der Waals surface area contributed by atoms with Gasteiger partial charge >= 0.3 is 6.03 Å². The number of rotatable bonds is 7. The molecule has 0 bridgehead atoms. The number of hydrogen-bond donors (Lipinski definition) is 3. The Bertz CT molecular complexity index is 1310. The zero-order valence-electron chi connectivity index (χ0n) is 21.8. The molecule has 0 unspecified atom stereocenters. The zero-order chi connectivity index (χ0) is 27.5. The standard InChI is InChI=1S/C27H32N8O4/c1-4-18(2)35-26(37)24(21-17-32(3)13-14-34(21)35)25(36)30-22-8-7-20(16-29-22)39-19-9-10-28-23(15-19)31-27(38)33-11-5-6-12-33/h4,7-10,15-16,26,37H,1-2,5-6,11-14,17H2,3H3,(H,28,31,38)(H,29,30,36)/t26-/m1/s1. The van der Waals surface area contributed by atoms with Crippen molar-refractivity contribution in [2.75, 3.05) is 50.4 Å². The van der Waals surface area contributed by atoms with Gasteiger partial charge in [0, 0.05) is 38.4 Å². The average molecular weight is 533 g/mol. The lowest BCUT2D eigenvalue weighted by Gasteiger charge is -2.40. The van der Waals surface area contributed by atoms with Crippen LogP contribution in [0.4, 0.5) is 16.4 Å². The number of pyridine rings is 2. The molecule has 3 N–H and O–H groups in total. The highest BCUT2D eigenvalue weighted by Crippen LogP contribution is 2.34. The molecule has 39 heavy (non-hydrogen) atoms. The minimum Gasteiger partial charge on any atom is -0.456 e. The van der Waals surface area contributed by atoms with Crippen LogP contribution in [0.1, 0.15) is 12.8 Å². The maximum atomic E-state index is 13.3. The summed E-state index contributed by atoms with van der Waals surface area (Å²) in [6.07, 6.45) is 5.40. The third-order valence-corrected chi connectivity index (χ3v) is 6.83. The molecule has 3 amide bonds. The minimum absolute atomic E-state index is 0.178. The van der Waals surface area contributed by atoms with Crippen LogP contribution >= 0.6 is 0 Å². The molecule has 2 aromatic heterocycles. The van der Waals surface area contributed by atoms with Gasteiger partial charge in [0.05, 0.1) is 29.7 Å². The smallest absolute Gasteiger partial charge is 0.323 e. The van der Waals surface area contributed by atoms with Crippen LogP contribution in [0.5, 0.6) is 11.5 Å². The van der Waals surface area contributed by atoms with Crippen LogP contribution < -0.4 is 15.4 Å². The molecule has 0 aliphatic carbocycles. The number of carbonyl (C=O) groups excluding carboxylic acids is 2. The third-order valence-electron chi connectivity index (χ3n) is 6.83. The monoisotopic (exact) mass is 532 g/mol. The molecule has 2 fully saturated rings. The van der Waals surface area contributed by atoms with Gasteiger partial charge in [-0.1, -0.05) is 13.2 Å². The van der Waals surface area contributed by atoms with Crippen LogP contribution in [-0.4, -0.2) is 92.8 Å². The summed E-state index contributed by atoms with van der Waals surface area (Å²) in [4.78, 5) is 37.9. The van der Waals surface area contributed by atoms with E-state index in [0.717, 1.165) is 32.5 Å². The number of hydrogen-bond acceptors (Lipinski definition) is 9. The number of fused-ring (bicyclic) bond motifs is 1. The van der Waals surface area contributed by atoms with Crippen molar-refractivity contribution < 1.29 is 19.4 Å². The maximum absolute atomic E-state index is 13.3. The molecule has 3 aliphatic heterocycles. The number of piperazine rings is 1. The van der Waals surface area contributed by atoms with E-state index in [1.165, 1.54) is 6.20 Å². The number of nitrogens with zero attached hydrogens (tertiary/aromatic N) is 6. The Morgan fingerprint density at radius 3 is 2.59 bits per heavy atom. The fourth-order valence-corrected chi connectivity index (χ4v) is 4.82. The maximum Gasteiger partial charge on any atom is 0.323 e. The average Bonchev–Trinajstić information content (AvgIpc) is 3.56. The van der Waals surface area contributed by atoms with Crippen LogP contribution in [0.25, 0.3) is 0 Å². The van der Waals surface area contributed by atoms with Gasteiger partial charge in [0.2, 0.25) is 0 Å². The lowest BCUT2D eigenvalue weighted by molar-refractivity contribution is -0.115. The van der Waals surface area contributed by atoms with Gasteiger partial charge < -0.3 is 20.1 Å². The number of anilines is 2. The summed E-state index contributed by atoms with van der Waals surface area (Å²) in [5.41, 5.74) is 1.45. The first-order valence-electron chi connectivity index (χ1n) is 12.8. The number of ether oxygens (including phenoxy) is 1. The minimum atomic E-state index is -1.19. The molecule has 5 heterocycles. The van der Waals surface area contributed by atoms with Crippen LogP contribution in [-0.2, 0) is 4.79 Å². The second kappa shape index (κ2) is 11.1. The van der Waals surface area contributed by atoms with Gasteiger partial charge in [0.1, 0.15) is 23.1 Å². The lowest BCUT2D eigenvalue weighted by Crippen LogP contribution is -2.49. The zero-order valence-corrected chi connectivity index (χ0v) is 21.8. The van der Waals surface area contributed by atoms with Crippen molar-refractivity contribution in [3.8, 4) is 11.5 Å². The van der Waals surface area contributed by atoms with E-state index in [1.54, 1.807) is 46.4 Å². The predicted octanol–water partition coefficient (Wildman–Crippen LogP) is 2.59. The van der Waals surface area contributed by atoms with E-state index in [0.29, 0.717) is 47.6 Å². The fourth-order valence-electron chi connectivity index (χ4n) is 4.82. The van der Waals surface area contributed by atoms with E-state index >= 15 is 0 Å². The molecule has 0 saturated carbocycles. The van der Waals surface area contributed by atoms with Gasteiger partial charge in [-0.3, -0.25) is 25.0 Å². The van der Waals surface area contributed by atoms with E-state index in [9.17, 15) is 14.7 Å². The fraction of sp³-hybridized carbons (Fsp3) is 0.333. The van der Waals surface area contributed by atoms with E-state index in [1.807, 2.05) is 12.1 Å². The van der Waals surface area contributed by atoms with Gasteiger partial charge in [-0.15, -0.1) is 0 Å². The van der Waals surface area contributed by atoms with Gasteiger partial charge in [0.15, 0.2) is 6.23 Å². The topological polar surface area (TPSA) is 126 Å². The second-order valence-corrected chi connectivity index (χ2v) is 9.57. The number of amides is 3. The van der Waals surface area contributed by atoms with E-state index < -0.39 is 12.1 Å². The molecule has 2 aromatic rings. The van der Waals surface area contributed by atoms with Crippen molar-refractivity contribution >= 4 is 23.6 Å². The predicted molar refractivity (Wildman–Crippen MR) is 145 cm³/mol. The number of likely N-dealkylation sites (tertiary alicyclic amines) is 1. The quantitative estimate of drug-likeness (QED) is 0.461. The highest BCUT2D eigenvalue weighted by Gasteiger charge is 2.43. The summed E-state index contributed by atoms with van der Waals surface area (Å²) in [6.45, 7) is 11.1. The molecule has 1 atom stereocenters. The molecule has 3 aliphatic rings. The second-order valence-electron chi connectivity index (χ2n) is 9.57. The Kier molecular flexibility index (Phi) is 7.48. The number of likely N-dealkylation sites (N-methyl/N-ethyl adjacent to an activating group) is 1. The van der Waals surface area contributed by atoms with Crippen molar-refractivity contribution in [1.29, 1.82) is 0 Å². The van der Waals surface area contributed by atoms with Crippen molar-refractivity contribution in [2.45, 2.75) is 19.1 Å². The highest BCUT2D eigenvalue weighted by molar-refractivity contribution is 6.04. The summed E-state index contributed by atoms with van der Waals surface area (Å²) in [5.74, 6) is 1.16. The largest absolute Gasteiger partial charge is 0.456 e. The Labute approximate surface area is 226 Å². The first-order chi connectivity index (χ1) is 18.8. The van der Waals surface area contributed by atoms with Crippen LogP contribution in [0.15, 0.2) is 72.9 Å². The Morgan fingerprint density at radius 2 is 1.87 bits per heavy atom. The van der Waals surface area contributed by atoms with Gasteiger partial charge in [0.25, 0.3) is 5.91 Å². The molecule has 0 aromatic carbocycles. The number of allylic oxidation sites excluding steroid dienone is 1. The van der Waals surface area contributed by atoms with Crippen molar-refractivity contribution in [3.63, 3.8) is 0 Å². The van der Waals surface area contributed by atoms with Crippen molar-refractivity contribution in [2.24, 2.45) is 0 Å². The van der Waals surface area contributed by atoms with Gasteiger partial charge in [-0.05, 0) is 44.2 Å². The summed E-state index contributed by atoms with van der Waals surface area (Å²) in [7, 11) is 1.96. The first kappa shape index (κ1) is 26.2. The number of aliphatic hydroxyl groups is 1. The Balaban J connectivity index is 1.24. The van der Waals surface area contributed by atoms with E-state index in [-0.39, 0.29) is 11.6 Å². The number of carbonyl (C=O) groups is 2. The normalized spacial score (nSPS) is 19.1. The van der Waals surface area contributed by atoms with Gasteiger partial charge in [-0.25, -0.2) is 14.8 Å². The molecular weight excluding hydrogens is 500 g/mol. The molecule has 12 nitrogen and oxygen atoms in total. The summed E-state index contributed by atoms with van der Waals surface area (Å²) in [5, 5.41) is 20.1. The molecular formula is C27H32N8O4. The SMILES string of the molecule is C=CC(=C)N1[C@H](O)C(C(=O)Nc2ccc(Oc3ccnc(NC(=O)N4CCCC4)c3)cn2)=C2CN(C)CCN21.